The smallest absolute Gasteiger partial charge is 0.122 e. The molecule has 3 nitrogen and oxygen atoms in total. The van der Waals surface area contributed by atoms with Crippen LogP contribution in [0.2, 0.25) is 0 Å². The summed E-state index contributed by atoms with van der Waals surface area (Å²) < 4.78 is 11.8. The zero-order valence-electron chi connectivity index (χ0n) is 18.8. The average Bonchev–Trinajstić information content (AvgIpc) is 2.86. The number of para-hydroxylation sites is 1. The van der Waals surface area contributed by atoms with Gasteiger partial charge in [0.15, 0.2) is 0 Å². The molecule has 0 radical (unpaired) electrons. The lowest BCUT2D eigenvalue weighted by Gasteiger charge is -2.48. The summed E-state index contributed by atoms with van der Waals surface area (Å²) >= 11 is 0. The number of fused-ring (bicyclic) bond motifs is 3. The molecule has 0 saturated carbocycles. The Morgan fingerprint density at radius 1 is 0.903 bits per heavy atom. The Bertz CT molecular complexity index is 809. The third-order valence-corrected chi connectivity index (χ3v) is 7.96. The van der Waals surface area contributed by atoms with E-state index in [-0.39, 0.29) is 0 Å². The van der Waals surface area contributed by atoms with Gasteiger partial charge in [0.05, 0.1) is 6.61 Å². The van der Waals surface area contributed by atoms with E-state index in [9.17, 15) is 0 Å². The van der Waals surface area contributed by atoms with E-state index in [0.29, 0.717) is 11.8 Å². The minimum Gasteiger partial charge on any atom is -0.493 e. The maximum Gasteiger partial charge on any atom is 0.122 e. The number of ether oxygens (including phenoxy) is 2. The molecule has 0 amide bonds. The van der Waals surface area contributed by atoms with E-state index in [0.717, 1.165) is 56.7 Å². The standard InChI is InChI=1S/C28H37NO2/c1-2-6-23(7-3-1)26(27-20-29-16-12-24(27)13-17-29)11-10-25-8-4-5-9-28(25)31-21-22-14-18-30-19-15-22/h1-9,22,24,26-27H,10-21H2. The van der Waals surface area contributed by atoms with Gasteiger partial charge >= 0.3 is 0 Å². The molecular formula is C28H37NO2. The van der Waals surface area contributed by atoms with Crippen molar-refractivity contribution in [1.29, 1.82) is 0 Å². The highest BCUT2D eigenvalue weighted by atomic mass is 16.5. The topological polar surface area (TPSA) is 21.7 Å². The summed E-state index contributed by atoms with van der Waals surface area (Å²) in [6.45, 7) is 6.49. The molecule has 2 aromatic rings. The fraction of sp³-hybridized carbons (Fsp3) is 0.571. The number of aryl methyl sites for hydroxylation is 1. The predicted molar refractivity (Wildman–Crippen MR) is 126 cm³/mol. The lowest BCUT2D eigenvalue weighted by molar-refractivity contribution is 0.0349. The maximum absolute atomic E-state index is 6.35. The van der Waals surface area contributed by atoms with Gasteiger partial charge in [-0.25, -0.2) is 0 Å². The summed E-state index contributed by atoms with van der Waals surface area (Å²) in [6, 6.07) is 20.0. The Morgan fingerprint density at radius 2 is 1.65 bits per heavy atom. The first-order chi connectivity index (χ1) is 15.4. The van der Waals surface area contributed by atoms with Crippen molar-refractivity contribution in [3.8, 4) is 5.75 Å². The summed E-state index contributed by atoms with van der Waals surface area (Å²) in [5.74, 6) is 4.05. The Kier molecular flexibility index (Phi) is 6.91. The number of hydrogen-bond donors (Lipinski definition) is 0. The first-order valence-electron chi connectivity index (χ1n) is 12.4. The highest BCUT2D eigenvalue weighted by Crippen LogP contribution is 2.43. The van der Waals surface area contributed by atoms with Crippen molar-refractivity contribution in [2.75, 3.05) is 39.5 Å². The minimum absolute atomic E-state index is 0.630. The Labute approximate surface area is 187 Å². The predicted octanol–water partition coefficient (Wildman–Crippen LogP) is 5.55. The van der Waals surface area contributed by atoms with E-state index in [4.69, 9.17) is 9.47 Å². The SMILES string of the molecule is c1ccc(C(CCc2ccccc2OCC2CCOCC2)C2CN3CCC2CC3)cc1. The Morgan fingerprint density at radius 3 is 2.39 bits per heavy atom. The number of hydrogen-bond acceptors (Lipinski definition) is 3. The van der Waals surface area contributed by atoms with Crippen molar-refractivity contribution in [3.05, 3.63) is 65.7 Å². The van der Waals surface area contributed by atoms with E-state index in [1.807, 2.05) is 0 Å². The molecule has 4 saturated heterocycles. The lowest BCUT2D eigenvalue weighted by Crippen LogP contribution is -2.49. The molecule has 2 atom stereocenters. The van der Waals surface area contributed by atoms with Crippen LogP contribution in [0.5, 0.6) is 5.75 Å². The second-order valence-corrected chi connectivity index (χ2v) is 9.83. The molecule has 2 unspecified atom stereocenters. The fourth-order valence-corrected chi connectivity index (χ4v) is 6.08. The van der Waals surface area contributed by atoms with E-state index in [1.165, 1.54) is 50.0 Å². The van der Waals surface area contributed by atoms with Crippen molar-refractivity contribution in [3.63, 3.8) is 0 Å². The average molecular weight is 420 g/mol. The quantitative estimate of drug-likeness (QED) is 0.560. The third kappa shape index (κ3) is 5.15. The fourth-order valence-electron chi connectivity index (χ4n) is 6.08. The first-order valence-corrected chi connectivity index (χ1v) is 12.4. The van der Waals surface area contributed by atoms with Gasteiger partial charge in [-0.05, 0) is 92.5 Å². The van der Waals surface area contributed by atoms with Crippen LogP contribution in [0.3, 0.4) is 0 Å². The van der Waals surface area contributed by atoms with Gasteiger partial charge in [0.1, 0.15) is 5.75 Å². The van der Waals surface area contributed by atoms with Crippen molar-refractivity contribution in [1.82, 2.24) is 4.90 Å². The molecule has 166 valence electrons. The summed E-state index contributed by atoms with van der Waals surface area (Å²) in [5.41, 5.74) is 2.90. The minimum atomic E-state index is 0.630. The molecule has 6 rings (SSSR count). The molecule has 4 aliphatic rings. The molecule has 0 aromatic heterocycles. The van der Waals surface area contributed by atoms with E-state index < -0.39 is 0 Å². The molecule has 4 aliphatic heterocycles. The second-order valence-electron chi connectivity index (χ2n) is 9.83. The third-order valence-electron chi connectivity index (χ3n) is 7.96. The van der Waals surface area contributed by atoms with Crippen LogP contribution in [0.15, 0.2) is 54.6 Å². The summed E-state index contributed by atoms with van der Waals surface area (Å²) in [4.78, 5) is 2.70. The van der Waals surface area contributed by atoms with Crippen molar-refractivity contribution < 1.29 is 9.47 Å². The van der Waals surface area contributed by atoms with Crippen molar-refractivity contribution in [2.24, 2.45) is 17.8 Å². The maximum atomic E-state index is 6.35. The van der Waals surface area contributed by atoms with E-state index >= 15 is 0 Å². The van der Waals surface area contributed by atoms with Crippen LogP contribution in [0, 0.1) is 17.8 Å². The highest BCUT2D eigenvalue weighted by molar-refractivity contribution is 5.34. The normalized spacial score (nSPS) is 27.2. The number of benzene rings is 2. The molecule has 0 spiro atoms. The van der Waals surface area contributed by atoms with E-state index in [2.05, 4.69) is 59.5 Å². The van der Waals surface area contributed by atoms with E-state index in [1.54, 1.807) is 0 Å². The summed E-state index contributed by atoms with van der Waals surface area (Å²) in [5, 5.41) is 0. The molecular weight excluding hydrogens is 382 g/mol. The van der Waals surface area contributed by atoms with Crippen LogP contribution in [0.25, 0.3) is 0 Å². The van der Waals surface area contributed by atoms with Gasteiger partial charge < -0.3 is 14.4 Å². The molecule has 31 heavy (non-hydrogen) atoms. The van der Waals surface area contributed by atoms with Gasteiger partial charge in [-0.2, -0.15) is 0 Å². The van der Waals surface area contributed by atoms with Crippen LogP contribution in [-0.4, -0.2) is 44.4 Å². The van der Waals surface area contributed by atoms with Crippen LogP contribution in [0.4, 0.5) is 0 Å². The Balaban J connectivity index is 1.28. The summed E-state index contributed by atoms with van der Waals surface area (Å²) in [6.07, 6.45) is 7.32. The van der Waals surface area contributed by atoms with Gasteiger partial charge in [-0.3, -0.25) is 0 Å². The molecule has 4 fully saturated rings. The number of piperidine rings is 3. The summed E-state index contributed by atoms with van der Waals surface area (Å²) in [7, 11) is 0. The monoisotopic (exact) mass is 419 g/mol. The molecule has 3 heteroatoms. The van der Waals surface area contributed by atoms with Gasteiger partial charge in [0.25, 0.3) is 0 Å². The van der Waals surface area contributed by atoms with Gasteiger partial charge in [-0.1, -0.05) is 48.5 Å². The van der Waals surface area contributed by atoms with Gasteiger partial charge in [0.2, 0.25) is 0 Å². The van der Waals surface area contributed by atoms with Crippen LogP contribution < -0.4 is 4.74 Å². The van der Waals surface area contributed by atoms with Crippen LogP contribution in [-0.2, 0) is 11.2 Å². The highest BCUT2D eigenvalue weighted by Gasteiger charge is 2.38. The lowest BCUT2D eigenvalue weighted by atomic mass is 9.69. The van der Waals surface area contributed by atoms with Gasteiger partial charge in [0, 0.05) is 19.8 Å². The molecule has 0 N–H and O–H groups in total. The molecule has 2 aromatic carbocycles. The zero-order valence-corrected chi connectivity index (χ0v) is 18.8. The molecule has 2 bridgehead atoms. The largest absolute Gasteiger partial charge is 0.493 e. The first kappa shape index (κ1) is 21.0. The van der Waals surface area contributed by atoms with Gasteiger partial charge in [-0.15, -0.1) is 0 Å². The van der Waals surface area contributed by atoms with Crippen LogP contribution in [0.1, 0.15) is 49.1 Å². The molecule has 0 aliphatic carbocycles. The number of rotatable bonds is 8. The van der Waals surface area contributed by atoms with Crippen molar-refractivity contribution >= 4 is 0 Å². The van der Waals surface area contributed by atoms with Crippen molar-refractivity contribution in [2.45, 2.75) is 44.4 Å². The second kappa shape index (κ2) is 10.2. The number of nitrogens with zero attached hydrogens (tertiary/aromatic N) is 1. The zero-order chi connectivity index (χ0) is 20.9. The molecule has 4 heterocycles. The Hall–Kier alpha value is -1.84. The van der Waals surface area contributed by atoms with Crippen LogP contribution >= 0.6 is 0 Å².